The molecule has 22 heavy (non-hydrogen) atoms. The standard InChI is InChI=1S/C21H25N/c1-15-9-5-8-12-19(15)22-16(2)20(3)13-14-21(22,4)18-11-7-6-10-17(18)20/h5-12,16H,13-14H2,1-4H3. The maximum Gasteiger partial charge on any atom is 0.0632 e. The summed E-state index contributed by atoms with van der Waals surface area (Å²) in [5.74, 6) is 0. The van der Waals surface area contributed by atoms with Crippen LogP contribution in [0.4, 0.5) is 5.69 Å². The van der Waals surface area contributed by atoms with Crippen molar-refractivity contribution in [2.24, 2.45) is 0 Å². The molecule has 5 rings (SSSR count). The summed E-state index contributed by atoms with van der Waals surface area (Å²) in [4.78, 5) is 2.70. The van der Waals surface area contributed by atoms with E-state index in [2.05, 4.69) is 81.1 Å². The van der Waals surface area contributed by atoms with Crippen LogP contribution in [0.15, 0.2) is 48.5 Å². The van der Waals surface area contributed by atoms with Gasteiger partial charge in [0.25, 0.3) is 0 Å². The van der Waals surface area contributed by atoms with Gasteiger partial charge in [0.1, 0.15) is 0 Å². The van der Waals surface area contributed by atoms with Crippen molar-refractivity contribution >= 4 is 5.69 Å². The molecule has 1 fully saturated rings. The zero-order valence-corrected chi connectivity index (χ0v) is 14.1. The molecule has 114 valence electrons. The molecule has 2 aromatic rings. The Morgan fingerprint density at radius 1 is 0.909 bits per heavy atom. The van der Waals surface area contributed by atoms with Crippen LogP contribution in [0.25, 0.3) is 0 Å². The summed E-state index contributed by atoms with van der Waals surface area (Å²) in [6, 6.07) is 18.5. The highest BCUT2D eigenvalue weighted by Gasteiger charge is 2.56. The van der Waals surface area contributed by atoms with Gasteiger partial charge in [0.2, 0.25) is 0 Å². The fourth-order valence-electron chi connectivity index (χ4n) is 4.93. The molecule has 3 aliphatic rings. The summed E-state index contributed by atoms with van der Waals surface area (Å²) in [6.45, 7) is 9.55. The number of fused-ring (bicyclic) bond motifs is 2. The predicted octanol–water partition coefficient (Wildman–Crippen LogP) is 5.17. The van der Waals surface area contributed by atoms with Crippen LogP contribution in [-0.2, 0) is 11.0 Å². The zero-order chi connectivity index (χ0) is 15.5. The van der Waals surface area contributed by atoms with Gasteiger partial charge in [-0.1, -0.05) is 49.4 Å². The molecule has 0 amide bonds. The van der Waals surface area contributed by atoms with E-state index in [-0.39, 0.29) is 11.0 Å². The molecule has 0 aromatic heterocycles. The minimum Gasteiger partial charge on any atom is -0.358 e. The van der Waals surface area contributed by atoms with Gasteiger partial charge in [0.15, 0.2) is 0 Å². The fourth-order valence-corrected chi connectivity index (χ4v) is 4.93. The fraction of sp³-hybridized carbons (Fsp3) is 0.429. The lowest BCUT2D eigenvalue weighted by molar-refractivity contribution is 0.166. The zero-order valence-electron chi connectivity index (χ0n) is 14.1. The average Bonchev–Trinajstić information content (AvgIpc) is 2.52. The summed E-state index contributed by atoms with van der Waals surface area (Å²) < 4.78 is 0. The maximum absolute atomic E-state index is 2.70. The van der Waals surface area contributed by atoms with Crippen LogP contribution >= 0.6 is 0 Å². The first-order valence-corrected chi connectivity index (χ1v) is 8.43. The molecule has 2 heterocycles. The molecule has 0 radical (unpaired) electrons. The van der Waals surface area contributed by atoms with Crippen molar-refractivity contribution in [3.63, 3.8) is 0 Å². The van der Waals surface area contributed by atoms with Crippen molar-refractivity contribution < 1.29 is 0 Å². The smallest absolute Gasteiger partial charge is 0.0632 e. The van der Waals surface area contributed by atoms with Gasteiger partial charge in [-0.25, -0.2) is 0 Å². The number of benzene rings is 2. The molecule has 0 N–H and O–H groups in total. The van der Waals surface area contributed by atoms with Crippen molar-refractivity contribution in [2.75, 3.05) is 4.90 Å². The minimum absolute atomic E-state index is 0.111. The van der Waals surface area contributed by atoms with E-state index < -0.39 is 0 Å². The van der Waals surface area contributed by atoms with Gasteiger partial charge in [-0.05, 0) is 56.4 Å². The first-order valence-electron chi connectivity index (χ1n) is 8.43. The number of rotatable bonds is 1. The normalized spacial score (nSPS) is 32.9. The molecule has 3 unspecified atom stereocenters. The topological polar surface area (TPSA) is 3.24 Å². The average molecular weight is 291 g/mol. The molecule has 1 heteroatoms. The van der Waals surface area contributed by atoms with Crippen molar-refractivity contribution in [1.29, 1.82) is 0 Å². The first kappa shape index (κ1) is 13.9. The van der Waals surface area contributed by atoms with E-state index in [4.69, 9.17) is 0 Å². The van der Waals surface area contributed by atoms with Crippen LogP contribution in [0.5, 0.6) is 0 Å². The van der Waals surface area contributed by atoms with E-state index in [0.717, 1.165) is 0 Å². The van der Waals surface area contributed by atoms with Crippen molar-refractivity contribution in [3.8, 4) is 0 Å². The van der Waals surface area contributed by atoms with Gasteiger partial charge in [-0.2, -0.15) is 0 Å². The second-order valence-corrected chi connectivity index (χ2v) is 7.57. The number of anilines is 1. The van der Waals surface area contributed by atoms with Gasteiger partial charge < -0.3 is 4.90 Å². The summed E-state index contributed by atoms with van der Waals surface area (Å²) in [5, 5.41) is 0. The number of aryl methyl sites for hydroxylation is 1. The highest BCUT2D eigenvalue weighted by Crippen LogP contribution is 2.58. The molecule has 2 aromatic carbocycles. The number of hydrogen-bond donors (Lipinski definition) is 0. The third-order valence-corrected chi connectivity index (χ3v) is 6.47. The third kappa shape index (κ3) is 1.54. The van der Waals surface area contributed by atoms with Gasteiger partial charge in [0, 0.05) is 17.1 Å². The summed E-state index contributed by atoms with van der Waals surface area (Å²) >= 11 is 0. The largest absolute Gasteiger partial charge is 0.358 e. The number of para-hydroxylation sites is 1. The highest BCUT2D eigenvalue weighted by molar-refractivity contribution is 5.63. The summed E-state index contributed by atoms with van der Waals surface area (Å²) in [5.41, 5.74) is 6.24. The Morgan fingerprint density at radius 2 is 1.55 bits per heavy atom. The van der Waals surface area contributed by atoms with Gasteiger partial charge >= 0.3 is 0 Å². The monoisotopic (exact) mass is 291 g/mol. The van der Waals surface area contributed by atoms with Crippen LogP contribution in [0, 0.1) is 6.92 Å². The summed E-state index contributed by atoms with van der Waals surface area (Å²) in [6.07, 6.45) is 2.52. The van der Waals surface area contributed by atoms with Crippen molar-refractivity contribution in [3.05, 3.63) is 65.2 Å². The Morgan fingerprint density at radius 3 is 2.27 bits per heavy atom. The maximum atomic E-state index is 2.70. The Bertz CT molecular complexity index is 734. The lowest BCUT2D eigenvalue weighted by Crippen LogP contribution is -2.65. The Hall–Kier alpha value is -1.76. The van der Waals surface area contributed by atoms with Crippen LogP contribution in [0.1, 0.15) is 50.3 Å². The van der Waals surface area contributed by atoms with Crippen LogP contribution < -0.4 is 4.90 Å². The van der Waals surface area contributed by atoms with Gasteiger partial charge in [-0.3, -0.25) is 0 Å². The molecule has 2 aliphatic heterocycles. The van der Waals surface area contributed by atoms with E-state index in [1.165, 1.54) is 29.7 Å². The molecule has 0 saturated carbocycles. The molecular weight excluding hydrogens is 266 g/mol. The van der Waals surface area contributed by atoms with Gasteiger partial charge in [-0.15, -0.1) is 0 Å². The van der Waals surface area contributed by atoms with Crippen LogP contribution in [-0.4, -0.2) is 6.04 Å². The predicted molar refractivity (Wildman–Crippen MR) is 93.5 cm³/mol. The Kier molecular flexibility index (Phi) is 2.76. The quantitative estimate of drug-likeness (QED) is 0.700. The van der Waals surface area contributed by atoms with E-state index >= 15 is 0 Å². The van der Waals surface area contributed by atoms with E-state index in [9.17, 15) is 0 Å². The van der Waals surface area contributed by atoms with Crippen molar-refractivity contribution in [2.45, 2.75) is 57.5 Å². The van der Waals surface area contributed by atoms with Gasteiger partial charge in [0.05, 0.1) is 5.54 Å². The molecule has 1 aliphatic carbocycles. The number of piperidine rings is 1. The number of hydrogen-bond acceptors (Lipinski definition) is 1. The highest BCUT2D eigenvalue weighted by atomic mass is 15.3. The molecule has 2 bridgehead atoms. The van der Waals surface area contributed by atoms with Crippen molar-refractivity contribution in [1.82, 2.24) is 0 Å². The minimum atomic E-state index is 0.111. The molecule has 1 saturated heterocycles. The van der Waals surface area contributed by atoms with E-state index in [0.29, 0.717) is 6.04 Å². The second kappa shape index (κ2) is 4.38. The van der Waals surface area contributed by atoms with Crippen LogP contribution in [0.2, 0.25) is 0 Å². The molecule has 0 spiro atoms. The van der Waals surface area contributed by atoms with Crippen LogP contribution in [0.3, 0.4) is 0 Å². The first-order chi connectivity index (χ1) is 10.5. The molecular formula is C21H25N. The lowest BCUT2D eigenvalue weighted by Gasteiger charge is -2.63. The molecule has 1 nitrogen and oxygen atoms in total. The Balaban J connectivity index is 1.99. The molecule has 3 atom stereocenters. The number of nitrogens with zero attached hydrogens (tertiary/aromatic N) is 1. The SMILES string of the molecule is Cc1ccccc1N1C(C)C2(C)CCC1(C)c1ccccc12. The Labute approximate surface area is 134 Å². The van der Waals surface area contributed by atoms with E-state index in [1.807, 2.05) is 0 Å². The lowest BCUT2D eigenvalue weighted by atomic mass is 9.56. The third-order valence-electron chi connectivity index (χ3n) is 6.47. The summed E-state index contributed by atoms with van der Waals surface area (Å²) in [7, 11) is 0. The van der Waals surface area contributed by atoms with E-state index in [1.54, 1.807) is 5.56 Å². The second-order valence-electron chi connectivity index (χ2n) is 7.57.